The van der Waals surface area contributed by atoms with Crippen LogP contribution in [0, 0.1) is 12.7 Å². The first-order chi connectivity index (χ1) is 14.4. The molecule has 7 nitrogen and oxygen atoms in total. The Morgan fingerprint density at radius 3 is 2.57 bits per heavy atom. The van der Waals surface area contributed by atoms with Crippen LogP contribution in [0.4, 0.5) is 15.0 Å². The third kappa shape index (κ3) is 3.36. The first kappa shape index (κ1) is 19.5. The van der Waals surface area contributed by atoms with Gasteiger partial charge in [0.2, 0.25) is 0 Å². The number of amides is 2. The van der Waals surface area contributed by atoms with Gasteiger partial charge in [0, 0.05) is 12.6 Å². The maximum Gasteiger partial charge on any atom is 0.321 e. The van der Waals surface area contributed by atoms with Crippen LogP contribution in [0.2, 0.25) is 0 Å². The van der Waals surface area contributed by atoms with Gasteiger partial charge in [-0.3, -0.25) is 4.90 Å². The van der Waals surface area contributed by atoms with Crippen molar-refractivity contribution >= 4 is 23.0 Å². The van der Waals surface area contributed by atoms with Crippen molar-refractivity contribution in [1.29, 1.82) is 0 Å². The first-order valence-electron chi connectivity index (χ1n) is 9.46. The molecule has 0 radical (unpaired) electrons. The van der Waals surface area contributed by atoms with Crippen molar-refractivity contribution in [3.63, 3.8) is 0 Å². The molecule has 30 heavy (non-hydrogen) atoms. The summed E-state index contributed by atoms with van der Waals surface area (Å²) in [4.78, 5) is 27.6. The topological polar surface area (TPSA) is 89.9 Å². The number of carbonyl (C=O) groups excluding carboxylic acids is 1. The molecule has 2 amide bonds. The number of rotatable bonds is 4. The SMILES string of the molecule is Cc1cc(F)ccc1-c1nc(N(C(N)=O)[C@@H](C)c2ccccc2)c2ncn(C)c2n1. The van der Waals surface area contributed by atoms with Gasteiger partial charge in [-0.1, -0.05) is 30.3 Å². The number of aromatic nitrogens is 4. The fourth-order valence-corrected chi connectivity index (χ4v) is 3.52. The number of nitrogens with two attached hydrogens (primary N) is 1. The van der Waals surface area contributed by atoms with Crippen molar-refractivity contribution in [3.8, 4) is 11.4 Å². The van der Waals surface area contributed by atoms with Gasteiger partial charge in [0.15, 0.2) is 22.8 Å². The zero-order valence-electron chi connectivity index (χ0n) is 16.9. The molecule has 0 fully saturated rings. The lowest BCUT2D eigenvalue weighted by molar-refractivity contribution is 0.252. The standard InChI is InChI=1S/C22H21FN6O/c1-13-11-16(23)9-10-17(13)19-26-20-18(25-12-28(20)3)21(27-19)29(22(24)30)14(2)15-7-5-4-6-8-15/h4-12,14H,1-3H3,(H2,24,30)/t14-/m0/s1. The van der Waals surface area contributed by atoms with Gasteiger partial charge in [0.1, 0.15) is 5.82 Å². The molecule has 0 bridgehead atoms. The van der Waals surface area contributed by atoms with Crippen molar-refractivity contribution in [3.05, 3.63) is 71.8 Å². The van der Waals surface area contributed by atoms with Gasteiger partial charge in [0.25, 0.3) is 0 Å². The second kappa shape index (κ2) is 7.55. The van der Waals surface area contributed by atoms with Crippen molar-refractivity contribution in [2.24, 2.45) is 12.8 Å². The molecule has 0 spiro atoms. The van der Waals surface area contributed by atoms with Crippen LogP contribution in [-0.4, -0.2) is 25.6 Å². The van der Waals surface area contributed by atoms with E-state index in [1.54, 1.807) is 23.9 Å². The highest BCUT2D eigenvalue weighted by atomic mass is 19.1. The van der Waals surface area contributed by atoms with Crippen molar-refractivity contribution in [2.75, 3.05) is 4.90 Å². The van der Waals surface area contributed by atoms with Crippen molar-refractivity contribution in [1.82, 2.24) is 19.5 Å². The van der Waals surface area contributed by atoms with Gasteiger partial charge in [0.05, 0.1) is 12.4 Å². The molecule has 8 heteroatoms. The number of anilines is 1. The number of urea groups is 1. The van der Waals surface area contributed by atoms with Crippen LogP contribution in [0.1, 0.15) is 24.1 Å². The Hall–Kier alpha value is -3.81. The largest absolute Gasteiger partial charge is 0.351 e. The molecule has 152 valence electrons. The molecule has 0 saturated carbocycles. The number of hydrogen-bond donors (Lipinski definition) is 1. The highest BCUT2D eigenvalue weighted by Gasteiger charge is 2.27. The Morgan fingerprint density at radius 1 is 1.17 bits per heavy atom. The fourth-order valence-electron chi connectivity index (χ4n) is 3.52. The van der Waals surface area contributed by atoms with Gasteiger partial charge in [-0.25, -0.2) is 24.1 Å². The van der Waals surface area contributed by atoms with Gasteiger partial charge < -0.3 is 10.3 Å². The third-order valence-electron chi connectivity index (χ3n) is 5.11. The number of fused-ring (bicyclic) bond motifs is 1. The van der Waals surface area contributed by atoms with Gasteiger partial charge in [-0.15, -0.1) is 0 Å². The minimum absolute atomic E-state index is 0.308. The highest BCUT2D eigenvalue weighted by Crippen LogP contribution is 2.32. The monoisotopic (exact) mass is 404 g/mol. The lowest BCUT2D eigenvalue weighted by Crippen LogP contribution is -2.38. The van der Waals surface area contributed by atoms with E-state index in [2.05, 4.69) is 15.0 Å². The highest BCUT2D eigenvalue weighted by molar-refractivity contribution is 5.98. The number of aryl methyl sites for hydroxylation is 2. The van der Waals surface area contributed by atoms with E-state index in [1.165, 1.54) is 17.0 Å². The molecule has 2 heterocycles. The normalized spacial score (nSPS) is 12.1. The Morgan fingerprint density at radius 2 is 1.90 bits per heavy atom. The molecule has 0 unspecified atom stereocenters. The van der Waals surface area contributed by atoms with E-state index < -0.39 is 6.03 Å². The Balaban J connectivity index is 1.95. The zero-order valence-corrected chi connectivity index (χ0v) is 16.9. The van der Waals surface area contributed by atoms with Crippen LogP contribution in [0.3, 0.4) is 0 Å². The predicted octanol–water partition coefficient (Wildman–Crippen LogP) is 4.12. The van der Waals surface area contributed by atoms with Crippen LogP contribution in [0.15, 0.2) is 54.9 Å². The van der Waals surface area contributed by atoms with Crippen molar-refractivity contribution < 1.29 is 9.18 Å². The first-order valence-corrected chi connectivity index (χ1v) is 9.46. The maximum absolute atomic E-state index is 13.6. The molecule has 4 aromatic rings. The average Bonchev–Trinajstić information content (AvgIpc) is 3.09. The van der Waals surface area contributed by atoms with E-state index in [-0.39, 0.29) is 11.9 Å². The Kier molecular flexibility index (Phi) is 4.91. The minimum atomic E-state index is -0.654. The molecule has 2 aromatic carbocycles. The lowest BCUT2D eigenvalue weighted by Gasteiger charge is -2.27. The van der Waals surface area contributed by atoms with E-state index in [0.717, 1.165) is 5.56 Å². The van der Waals surface area contributed by atoms with Gasteiger partial charge in [-0.05, 0) is 43.2 Å². The molecule has 1 atom stereocenters. The zero-order chi connectivity index (χ0) is 21.4. The number of hydrogen-bond acceptors (Lipinski definition) is 4. The van der Waals surface area contributed by atoms with Crippen molar-refractivity contribution in [2.45, 2.75) is 19.9 Å². The average molecular weight is 404 g/mol. The summed E-state index contributed by atoms with van der Waals surface area (Å²) in [6.45, 7) is 3.66. The van der Waals surface area contributed by atoms with Gasteiger partial charge >= 0.3 is 6.03 Å². The summed E-state index contributed by atoms with van der Waals surface area (Å²) < 4.78 is 15.4. The number of halogens is 1. The van der Waals surface area contributed by atoms with Crippen LogP contribution >= 0.6 is 0 Å². The molecule has 0 aliphatic heterocycles. The van der Waals surface area contributed by atoms with Crippen LogP contribution in [-0.2, 0) is 7.05 Å². The summed E-state index contributed by atoms with van der Waals surface area (Å²) in [5.41, 5.74) is 9.04. The summed E-state index contributed by atoms with van der Waals surface area (Å²) in [6.07, 6.45) is 1.61. The van der Waals surface area contributed by atoms with E-state index in [1.807, 2.05) is 44.3 Å². The summed E-state index contributed by atoms with van der Waals surface area (Å²) in [5.74, 6) is 0.336. The Labute approximate surface area is 173 Å². The molecule has 4 rings (SSSR count). The second-order valence-electron chi connectivity index (χ2n) is 7.15. The quantitative estimate of drug-likeness (QED) is 0.554. The van der Waals surface area contributed by atoms with E-state index in [0.29, 0.717) is 33.9 Å². The maximum atomic E-state index is 13.6. The van der Waals surface area contributed by atoms with Crippen LogP contribution in [0.25, 0.3) is 22.6 Å². The number of benzene rings is 2. The molecule has 2 aromatic heterocycles. The minimum Gasteiger partial charge on any atom is -0.351 e. The van der Waals surface area contributed by atoms with Crippen LogP contribution < -0.4 is 10.6 Å². The van der Waals surface area contributed by atoms with E-state index in [9.17, 15) is 9.18 Å². The molecule has 2 N–H and O–H groups in total. The summed E-state index contributed by atoms with van der Waals surface area (Å²) >= 11 is 0. The van der Waals surface area contributed by atoms with E-state index >= 15 is 0 Å². The second-order valence-corrected chi connectivity index (χ2v) is 7.15. The number of nitrogens with zero attached hydrogens (tertiary/aromatic N) is 5. The number of carbonyl (C=O) groups is 1. The lowest BCUT2D eigenvalue weighted by atomic mass is 10.1. The summed E-state index contributed by atoms with van der Waals surface area (Å²) in [5, 5.41) is 0. The number of primary amides is 1. The summed E-state index contributed by atoms with van der Waals surface area (Å²) in [7, 11) is 1.81. The molecule has 0 aliphatic carbocycles. The summed E-state index contributed by atoms with van der Waals surface area (Å²) in [6, 6.07) is 12.9. The van der Waals surface area contributed by atoms with Crippen LogP contribution in [0.5, 0.6) is 0 Å². The van der Waals surface area contributed by atoms with E-state index in [4.69, 9.17) is 5.73 Å². The third-order valence-corrected chi connectivity index (χ3v) is 5.11. The molecular formula is C22H21FN6O. The number of imidazole rings is 1. The Bertz CT molecular complexity index is 1240. The molecular weight excluding hydrogens is 383 g/mol. The molecule has 0 saturated heterocycles. The predicted molar refractivity (Wildman–Crippen MR) is 113 cm³/mol. The fraction of sp³-hybridized carbons (Fsp3) is 0.182. The van der Waals surface area contributed by atoms with Gasteiger partial charge in [-0.2, -0.15) is 0 Å². The smallest absolute Gasteiger partial charge is 0.321 e. The molecule has 0 aliphatic rings.